The van der Waals surface area contributed by atoms with E-state index < -0.39 is 23.7 Å². The fourth-order valence-electron chi connectivity index (χ4n) is 4.04. The smallest absolute Gasteiger partial charge is 0.408 e. The summed E-state index contributed by atoms with van der Waals surface area (Å²) in [6.45, 7) is 12.6. The lowest BCUT2D eigenvalue weighted by atomic mass is 9.92. The van der Waals surface area contributed by atoms with Crippen molar-refractivity contribution >= 4 is 23.9 Å². The van der Waals surface area contributed by atoms with Crippen molar-refractivity contribution < 1.29 is 29.0 Å². The first kappa shape index (κ1) is 29.9. The number of nitrogens with one attached hydrogen (secondary N) is 1. The number of aliphatic carboxylic acids is 1. The molecule has 37 heavy (non-hydrogen) atoms. The lowest BCUT2D eigenvalue weighted by Crippen LogP contribution is -2.38. The molecule has 0 aromatic heterocycles. The molecule has 1 aromatic rings. The van der Waals surface area contributed by atoms with Gasteiger partial charge in [0.05, 0.1) is 6.61 Å². The highest BCUT2D eigenvalue weighted by molar-refractivity contribution is 5.93. The second kappa shape index (κ2) is 13.3. The van der Waals surface area contributed by atoms with Crippen LogP contribution in [0.2, 0.25) is 0 Å². The number of rotatable bonds is 9. The van der Waals surface area contributed by atoms with Crippen molar-refractivity contribution in [2.75, 3.05) is 19.7 Å². The summed E-state index contributed by atoms with van der Waals surface area (Å²) in [5.41, 5.74) is 6.23. The molecule has 4 N–H and O–H groups in total. The minimum Gasteiger partial charge on any atom is -0.494 e. The number of piperidine rings is 1. The van der Waals surface area contributed by atoms with E-state index in [4.69, 9.17) is 15.2 Å². The average Bonchev–Trinajstić information content (AvgIpc) is 2.79. The third-order valence-electron chi connectivity index (χ3n) is 6.19. The van der Waals surface area contributed by atoms with Gasteiger partial charge in [0.2, 0.25) is 0 Å². The number of nitrogens with two attached hydrogens (primary N) is 1. The minimum atomic E-state index is -1.23. The summed E-state index contributed by atoms with van der Waals surface area (Å²) in [6, 6.07) is 3.66. The van der Waals surface area contributed by atoms with Crippen LogP contribution in [0, 0.1) is 18.8 Å². The van der Waals surface area contributed by atoms with Crippen LogP contribution in [0.3, 0.4) is 0 Å². The summed E-state index contributed by atoms with van der Waals surface area (Å²) in [5, 5.41) is 12.1. The lowest BCUT2D eigenvalue weighted by Gasteiger charge is -2.30. The van der Waals surface area contributed by atoms with Gasteiger partial charge in [0.15, 0.2) is 6.04 Å². The molecular weight excluding hydrogens is 476 g/mol. The van der Waals surface area contributed by atoms with Crippen molar-refractivity contribution in [1.29, 1.82) is 0 Å². The zero-order chi connectivity index (χ0) is 27.8. The molecule has 1 unspecified atom stereocenters. The number of hydrogen-bond donors (Lipinski definition) is 3. The number of aryl methyl sites for hydroxylation is 1. The summed E-state index contributed by atoms with van der Waals surface area (Å²) in [4.78, 5) is 41.9. The molecule has 1 heterocycles. The molecule has 1 saturated heterocycles. The number of carbonyl (C=O) groups is 3. The monoisotopic (exact) mass is 518 g/mol. The topological polar surface area (TPSA) is 144 Å². The predicted molar refractivity (Wildman–Crippen MR) is 142 cm³/mol. The van der Waals surface area contributed by atoms with E-state index in [0.29, 0.717) is 48.3 Å². The summed E-state index contributed by atoms with van der Waals surface area (Å²) in [5.74, 6) is 0.409. The highest BCUT2D eigenvalue weighted by atomic mass is 16.6. The SMILES string of the molecule is Cc1cc(OCCCC2CCN(C(=O)/N=C(\N)C(C)C)CC2)ccc1C(NC(=O)OC(C)(C)C)C(=O)O. The second-order valence-electron chi connectivity index (χ2n) is 10.8. The van der Waals surface area contributed by atoms with E-state index in [1.54, 1.807) is 50.8 Å². The van der Waals surface area contributed by atoms with E-state index in [0.717, 1.165) is 25.7 Å². The van der Waals surface area contributed by atoms with Crippen LogP contribution in [-0.2, 0) is 9.53 Å². The van der Waals surface area contributed by atoms with E-state index >= 15 is 0 Å². The predicted octanol–water partition coefficient (Wildman–Crippen LogP) is 4.65. The Morgan fingerprint density at radius 2 is 1.86 bits per heavy atom. The van der Waals surface area contributed by atoms with Crippen molar-refractivity contribution in [2.24, 2.45) is 22.6 Å². The van der Waals surface area contributed by atoms with Crippen LogP contribution in [0.5, 0.6) is 5.75 Å². The number of amides is 3. The Balaban J connectivity index is 1.81. The fourth-order valence-corrected chi connectivity index (χ4v) is 4.04. The van der Waals surface area contributed by atoms with Crippen molar-refractivity contribution in [1.82, 2.24) is 10.2 Å². The van der Waals surface area contributed by atoms with Crippen molar-refractivity contribution in [2.45, 2.75) is 78.9 Å². The lowest BCUT2D eigenvalue weighted by molar-refractivity contribution is -0.139. The van der Waals surface area contributed by atoms with E-state index in [2.05, 4.69) is 10.3 Å². The average molecular weight is 519 g/mol. The Labute approximate surface area is 219 Å². The number of nitrogens with zero attached hydrogens (tertiary/aromatic N) is 2. The number of benzene rings is 1. The number of carboxylic acid groups (broad SMARTS) is 1. The maximum atomic E-state index is 12.3. The summed E-state index contributed by atoms with van der Waals surface area (Å²) >= 11 is 0. The van der Waals surface area contributed by atoms with E-state index in [9.17, 15) is 19.5 Å². The first-order chi connectivity index (χ1) is 17.3. The number of urea groups is 1. The van der Waals surface area contributed by atoms with Gasteiger partial charge in [0.1, 0.15) is 17.2 Å². The molecule has 0 aliphatic carbocycles. The molecule has 1 fully saturated rings. The molecule has 10 heteroatoms. The normalized spacial score (nSPS) is 15.9. The number of hydrogen-bond acceptors (Lipinski definition) is 5. The van der Waals surface area contributed by atoms with Gasteiger partial charge in [-0.1, -0.05) is 19.9 Å². The van der Waals surface area contributed by atoms with Crippen LogP contribution in [0.1, 0.15) is 77.5 Å². The number of carboxylic acids is 1. The van der Waals surface area contributed by atoms with Crippen LogP contribution in [0.15, 0.2) is 23.2 Å². The third-order valence-corrected chi connectivity index (χ3v) is 6.19. The molecule has 2 rings (SSSR count). The molecule has 1 aliphatic rings. The van der Waals surface area contributed by atoms with Crippen LogP contribution in [0.25, 0.3) is 0 Å². The number of carbonyl (C=O) groups excluding carboxylic acids is 2. The van der Waals surface area contributed by atoms with Crippen molar-refractivity contribution in [3.8, 4) is 5.75 Å². The number of alkyl carbamates (subject to hydrolysis) is 1. The van der Waals surface area contributed by atoms with E-state index in [1.165, 1.54) is 0 Å². The highest BCUT2D eigenvalue weighted by Gasteiger charge is 2.27. The highest BCUT2D eigenvalue weighted by Crippen LogP contribution is 2.25. The zero-order valence-corrected chi connectivity index (χ0v) is 22.9. The molecule has 0 spiro atoms. The molecule has 1 atom stereocenters. The first-order valence-electron chi connectivity index (χ1n) is 12.9. The Bertz CT molecular complexity index is 978. The fraction of sp³-hybridized carbons (Fsp3) is 0.630. The molecule has 1 aliphatic heterocycles. The molecular formula is C27H42N4O6. The van der Waals surface area contributed by atoms with Crippen LogP contribution in [0.4, 0.5) is 9.59 Å². The number of likely N-dealkylation sites (tertiary alicyclic amines) is 1. The minimum absolute atomic E-state index is 0.0500. The van der Waals surface area contributed by atoms with Gasteiger partial charge in [-0.3, -0.25) is 0 Å². The Morgan fingerprint density at radius 3 is 2.41 bits per heavy atom. The van der Waals surface area contributed by atoms with Gasteiger partial charge >= 0.3 is 18.1 Å². The molecule has 3 amide bonds. The largest absolute Gasteiger partial charge is 0.494 e. The Kier molecular flexibility index (Phi) is 10.8. The van der Waals surface area contributed by atoms with Crippen molar-refractivity contribution in [3.05, 3.63) is 29.3 Å². The number of ether oxygens (including phenoxy) is 2. The molecule has 0 radical (unpaired) electrons. The maximum absolute atomic E-state index is 12.3. The van der Waals surface area contributed by atoms with Crippen LogP contribution >= 0.6 is 0 Å². The maximum Gasteiger partial charge on any atom is 0.408 e. The Morgan fingerprint density at radius 1 is 1.22 bits per heavy atom. The third kappa shape index (κ3) is 9.93. The van der Waals surface area contributed by atoms with Gasteiger partial charge in [-0.05, 0) is 82.6 Å². The molecule has 10 nitrogen and oxygen atoms in total. The molecule has 0 bridgehead atoms. The first-order valence-corrected chi connectivity index (χ1v) is 12.9. The zero-order valence-electron chi connectivity index (χ0n) is 22.9. The van der Waals surface area contributed by atoms with E-state index in [1.807, 2.05) is 13.8 Å². The number of aliphatic imine (C=N–C) groups is 1. The second-order valence-corrected chi connectivity index (χ2v) is 10.8. The van der Waals surface area contributed by atoms with Gasteiger partial charge in [-0.25, -0.2) is 14.4 Å². The van der Waals surface area contributed by atoms with Crippen LogP contribution < -0.4 is 15.8 Å². The van der Waals surface area contributed by atoms with Gasteiger partial charge < -0.3 is 30.5 Å². The van der Waals surface area contributed by atoms with Crippen LogP contribution in [-0.4, -0.2) is 59.2 Å². The van der Waals surface area contributed by atoms with Gasteiger partial charge in [-0.15, -0.1) is 0 Å². The summed E-state index contributed by atoms with van der Waals surface area (Å²) in [6.07, 6.45) is 2.94. The van der Waals surface area contributed by atoms with Gasteiger partial charge in [0, 0.05) is 19.0 Å². The van der Waals surface area contributed by atoms with Crippen molar-refractivity contribution in [3.63, 3.8) is 0 Å². The standard InChI is InChI=1S/C27H42N4O6/c1-17(2)23(28)30-25(34)31-13-11-19(12-14-31)8-7-15-36-20-9-10-21(18(3)16-20)22(24(32)33)29-26(35)37-27(4,5)6/h9-10,16-17,19,22H,7-8,11-15H2,1-6H3,(H,29,35)(H,32,33)(H2,28,30,34). The Hall–Kier alpha value is -3.30. The molecule has 0 saturated carbocycles. The molecule has 206 valence electrons. The van der Waals surface area contributed by atoms with Gasteiger partial charge in [0.25, 0.3) is 0 Å². The summed E-state index contributed by atoms with van der Waals surface area (Å²) < 4.78 is 11.1. The number of amidine groups is 1. The quantitative estimate of drug-likeness (QED) is 0.245. The van der Waals surface area contributed by atoms with Gasteiger partial charge in [-0.2, -0.15) is 4.99 Å². The summed E-state index contributed by atoms with van der Waals surface area (Å²) in [7, 11) is 0. The van der Waals surface area contributed by atoms with E-state index in [-0.39, 0.29) is 11.9 Å². The molecule has 1 aromatic carbocycles.